The van der Waals surface area contributed by atoms with Crippen molar-refractivity contribution in [2.24, 2.45) is 0 Å². The van der Waals surface area contributed by atoms with Crippen LogP contribution < -0.4 is 10.1 Å². The lowest BCUT2D eigenvalue weighted by molar-refractivity contribution is -0.146. The molecule has 1 N–H and O–H groups in total. The number of hydrogen-bond acceptors (Lipinski definition) is 4. The number of ether oxygens (including phenoxy) is 2. The third-order valence-electron chi connectivity index (χ3n) is 4.42. The van der Waals surface area contributed by atoms with Gasteiger partial charge in [-0.1, -0.05) is 66.2 Å². The molecule has 0 aromatic heterocycles. The normalized spacial score (nSPS) is 10.3. The molecule has 0 aliphatic heterocycles. The van der Waals surface area contributed by atoms with Crippen LogP contribution in [0.1, 0.15) is 11.1 Å². The molecule has 0 heterocycles. The van der Waals surface area contributed by atoms with E-state index in [1.807, 2.05) is 79.7 Å². The Kier molecular flexibility index (Phi) is 6.63. The molecule has 0 radical (unpaired) electrons. The number of aryl methyl sites for hydroxylation is 1. The van der Waals surface area contributed by atoms with Gasteiger partial charge < -0.3 is 14.8 Å². The monoisotopic (exact) mass is 389 g/mol. The van der Waals surface area contributed by atoms with Crippen molar-refractivity contribution >= 4 is 17.6 Å². The summed E-state index contributed by atoms with van der Waals surface area (Å²) in [6.45, 7) is 1.59. The topological polar surface area (TPSA) is 64.6 Å². The average Bonchev–Trinajstić information content (AvgIpc) is 2.73. The van der Waals surface area contributed by atoms with Crippen LogP contribution in [-0.4, -0.2) is 25.6 Å². The Hall–Kier alpha value is -3.60. The van der Waals surface area contributed by atoms with Gasteiger partial charge in [0.1, 0.15) is 5.75 Å². The maximum absolute atomic E-state index is 12.3. The first-order valence-corrected chi connectivity index (χ1v) is 9.30. The van der Waals surface area contributed by atoms with Gasteiger partial charge in [-0.15, -0.1) is 0 Å². The fourth-order valence-electron chi connectivity index (χ4n) is 3.05. The van der Waals surface area contributed by atoms with E-state index < -0.39 is 11.9 Å². The maximum Gasteiger partial charge on any atom is 0.310 e. The molecular weight excluding hydrogens is 366 g/mol. The van der Waals surface area contributed by atoms with Crippen molar-refractivity contribution in [3.8, 4) is 16.9 Å². The first kappa shape index (κ1) is 20.1. The van der Waals surface area contributed by atoms with Gasteiger partial charge in [0.15, 0.2) is 6.61 Å². The zero-order valence-electron chi connectivity index (χ0n) is 16.5. The minimum atomic E-state index is -0.486. The summed E-state index contributed by atoms with van der Waals surface area (Å²) in [5.74, 6) is -0.257. The van der Waals surface area contributed by atoms with Crippen molar-refractivity contribution in [3.63, 3.8) is 0 Å². The van der Waals surface area contributed by atoms with E-state index in [4.69, 9.17) is 9.47 Å². The van der Waals surface area contributed by atoms with Gasteiger partial charge in [0.25, 0.3) is 5.91 Å². The smallest absolute Gasteiger partial charge is 0.310 e. The van der Waals surface area contributed by atoms with Crippen molar-refractivity contribution in [1.29, 1.82) is 0 Å². The summed E-state index contributed by atoms with van der Waals surface area (Å²) >= 11 is 0. The molecule has 148 valence electrons. The van der Waals surface area contributed by atoms with E-state index in [1.54, 1.807) is 7.11 Å². The molecule has 0 unspecified atom stereocenters. The summed E-state index contributed by atoms with van der Waals surface area (Å²) in [5.41, 5.74) is 4.31. The van der Waals surface area contributed by atoms with Crippen molar-refractivity contribution in [2.45, 2.75) is 13.3 Å². The fourth-order valence-corrected chi connectivity index (χ4v) is 3.05. The maximum atomic E-state index is 12.3. The second kappa shape index (κ2) is 9.55. The van der Waals surface area contributed by atoms with Gasteiger partial charge >= 0.3 is 5.97 Å². The van der Waals surface area contributed by atoms with Crippen LogP contribution in [0.5, 0.6) is 5.75 Å². The Morgan fingerprint density at radius 3 is 2.41 bits per heavy atom. The molecular formula is C24H23NO4. The number of nitrogens with one attached hydrogen (secondary N) is 1. The molecule has 0 aliphatic rings. The van der Waals surface area contributed by atoms with E-state index in [0.717, 1.165) is 22.3 Å². The number of para-hydroxylation sites is 1. The summed E-state index contributed by atoms with van der Waals surface area (Å²) in [6.07, 6.45) is 0.0404. The van der Waals surface area contributed by atoms with E-state index in [2.05, 4.69) is 5.32 Å². The Labute approximate surface area is 170 Å². The molecule has 3 aromatic carbocycles. The minimum absolute atomic E-state index is 0.0404. The van der Waals surface area contributed by atoms with Crippen LogP contribution in [0.15, 0.2) is 72.8 Å². The summed E-state index contributed by atoms with van der Waals surface area (Å²) < 4.78 is 10.4. The van der Waals surface area contributed by atoms with Crippen LogP contribution >= 0.6 is 0 Å². The van der Waals surface area contributed by atoms with Crippen LogP contribution in [0.25, 0.3) is 11.1 Å². The molecule has 0 fully saturated rings. The van der Waals surface area contributed by atoms with Gasteiger partial charge in [0.2, 0.25) is 0 Å². The van der Waals surface area contributed by atoms with Gasteiger partial charge in [-0.2, -0.15) is 0 Å². The van der Waals surface area contributed by atoms with E-state index >= 15 is 0 Å². The highest BCUT2D eigenvalue weighted by Crippen LogP contribution is 2.27. The SMILES string of the molecule is COc1ccc(C)cc1CC(=O)OCC(=O)Nc1ccccc1-c1ccccc1. The van der Waals surface area contributed by atoms with E-state index in [0.29, 0.717) is 11.4 Å². The molecule has 29 heavy (non-hydrogen) atoms. The van der Waals surface area contributed by atoms with Gasteiger partial charge in [-0.05, 0) is 24.6 Å². The average molecular weight is 389 g/mol. The van der Waals surface area contributed by atoms with E-state index in [1.165, 1.54) is 0 Å². The predicted molar refractivity (Wildman–Crippen MR) is 113 cm³/mol. The third-order valence-corrected chi connectivity index (χ3v) is 4.42. The minimum Gasteiger partial charge on any atom is -0.496 e. The lowest BCUT2D eigenvalue weighted by atomic mass is 10.0. The Morgan fingerprint density at radius 1 is 0.931 bits per heavy atom. The Bertz CT molecular complexity index is 999. The summed E-state index contributed by atoms with van der Waals surface area (Å²) in [4.78, 5) is 24.5. The molecule has 0 spiro atoms. The number of benzene rings is 3. The lowest BCUT2D eigenvalue weighted by Gasteiger charge is -2.12. The number of hydrogen-bond donors (Lipinski definition) is 1. The first-order chi connectivity index (χ1) is 14.1. The molecule has 0 saturated heterocycles. The zero-order valence-corrected chi connectivity index (χ0v) is 16.5. The van der Waals surface area contributed by atoms with Gasteiger partial charge in [0.05, 0.1) is 13.5 Å². The summed E-state index contributed by atoms with van der Waals surface area (Å²) in [6, 6.07) is 22.9. The predicted octanol–water partition coefficient (Wildman–Crippen LogP) is 4.40. The lowest BCUT2D eigenvalue weighted by Crippen LogP contribution is -2.22. The van der Waals surface area contributed by atoms with Crippen LogP contribution in [-0.2, 0) is 20.7 Å². The number of esters is 1. The number of carbonyl (C=O) groups excluding carboxylic acids is 2. The summed E-state index contributed by atoms with van der Waals surface area (Å²) in [5, 5.41) is 2.82. The fraction of sp³-hybridized carbons (Fsp3) is 0.167. The molecule has 0 atom stereocenters. The molecule has 0 saturated carbocycles. The van der Waals surface area contributed by atoms with E-state index in [9.17, 15) is 9.59 Å². The number of methoxy groups -OCH3 is 1. The standard InChI is InChI=1S/C24H23NO4/c1-17-12-13-22(28-2)19(14-17)15-24(27)29-16-23(26)25-21-11-7-6-10-20(21)18-8-4-3-5-9-18/h3-14H,15-16H2,1-2H3,(H,25,26). The molecule has 5 nitrogen and oxygen atoms in total. The molecule has 3 aromatic rings. The van der Waals surface area contributed by atoms with Crippen LogP contribution in [0.3, 0.4) is 0 Å². The van der Waals surface area contributed by atoms with E-state index in [-0.39, 0.29) is 13.0 Å². The highest BCUT2D eigenvalue weighted by Gasteiger charge is 2.13. The highest BCUT2D eigenvalue weighted by atomic mass is 16.5. The van der Waals surface area contributed by atoms with Crippen LogP contribution in [0.2, 0.25) is 0 Å². The third kappa shape index (κ3) is 5.45. The number of rotatable bonds is 7. The molecule has 1 amide bonds. The Balaban J connectivity index is 1.60. The second-order valence-electron chi connectivity index (χ2n) is 6.61. The van der Waals surface area contributed by atoms with Crippen molar-refractivity contribution in [3.05, 3.63) is 83.9 Å². The molecule has 3 rings (SSSR count). The van der Waals surface area contributed by atoms with Gasteiger partial charge in [-0.25, -0.2) is 0 Å². The molecule has 0 bridgehead atoms. The molecule has 5 heteroatoms. The van der Waals surface area contributed by atoms with Gasteiger partial charge in [-0.3, -0.25) is 9.59 Å². The van der Waals surface area contributed by atoms with Crippen molar-refractivity contribution in [1.82, 2.24) is 0 Å². The van der Waals surface area contributed by atoms with Crippen molar-refractivity contribution < 1.29 is 19.1 Å². The largest absolute Gasteiger partial charge is 0.496 e. The summed E-state index contributed by atoms with van der Waals surface area (Å²) in [7, 11) is 1.55. The highest BCUT2D eigenvalue weighted by molar-refractivity contribution is 5.97. The first-order valence-electron chi connectivity index (χ1n) is 9.30. The number of carbonyl (C=O) groups is 2. The van der Waals surface area contributed by atoms with Crippen molar-refractivity contribution in [2.75, 3.05) is 19.0 Å². The number of anilines is 1. The zero-order chi connectivity index (χ0) is 20.6. The second-order valence-corrected chi connectivity index (χ2v) is 6.61. The van der Waals surface area contributed by atoms with Gasteiger partial charge in [0, 0.05) is 16.8 Å². The van der Waals surface area contributed by atoms with Crippen LogP contribution in [0.4, 0.5) is 5.69 Å². The Morgan fingerprint density at radius 2 is 1.66 bits per heavy atom. The van der Waals surface area contributed by atoms with Crippen LogP contribution in [0, 0.1) is 6.92 Å². The number of amides is 1. The molecule has 0 aliphatic carbocycles. The quantitative estimate of drug-likeness (QED) is 0.609.